The lowest BCUT2D eigenvalue weighted by atomic mass is 9.92. The van der Waals surface area contributed by atoms with Gasteiger partial charge >= 0.3 is 11.8 Å². The van der Waals surface area contributed by atoms with Crippen LogP contribution in [0.1, 0.15) is 33.1 Å². The molecule has 3 atom stereocenters. The van der Waals surface area contributed by atoms with Crippen molar-refractivity contribution in [2.24, 2.45) is 11.8 Å². The van der Waals surface area contributed by atoms with E-state index in [0.717, 1.165) is 25.9 Å². The lowest BCUT2D eigenvalue weighted by molar-refractivity contribution is -0.147. The Hall–Kier alpha value is -1.10. The van der Waals surface area contributed by atoms with Crippen LogP contribution in [0, 0.1) is 11.8 Å². The number of hydrogen-bond acceptors (Lipinski definition) is 3. The second kappa shape index (κ2) is 6.37. The molecule has 1 N–H and O–H groups in total. The standard InChI is InChI=1S/C14H24N2O3/c1-10-6-11(2)9-16(8-10)14(18)13(17)15-7-12-4-3-5-19-12/h10-12H,3-9H2,1-2H3,(H,15,17). The van der Waals surface area contributed by atoms with E-state index in [9.17, 15) is 9.59 Å². The summed E-state index contributed by atoms with van der Waals surface area (Å²) in [6.45, 7) is 6.84. The summed E-state index contributed by atoms with van der Waals surface area (Å²) >= 11 is 0. The largest absolute Gasteiger partial charge is 0.376 e. The molecule has 19 heavy (non-hydrogen) atoms. The van der Waals surface area contributed by atoms with Crippen LogP contribution in [0.15, 0.2) is 0 Å². The minimum atomic E-state index is -0.489. The predicted molar refractivity (Wildman–Crippen MR) is 71.5 cm³/mol. The third-order valence-electron chi connectivity index (χ3n) is 3.86. The molecule has 2 amide bonds. The number of hydrogen-bond donors (Lipinski definition) is 1. The molecule has 0 spiro atoms. The van der Waals surface area contributed by atoms with Crippen molar-refractivity contribution in [3.05, 3.63) is 0 Å². The van der Waals surface area contributed by atoms with E-state index in [1.807, 2.05) is 0 Å². The van der Waals surface area contributed by atoms with Crippen LogP contribution < -0.4 is 5.32 Å². The van der Waals surface area contributed by atoms with Crippen LogP contribution in [0.3, 0.4) is 0 Å². The highest BCUT2D eigenvalue weighted by Crippen LogP contribution is 2.20. The maximum atomic E-state index is 12.1. The number of amides is 2. The van der Waals surface area contributed by atoms with E-state index in [-0.39, 0.29) is 6.10 Å². The Morgan fingerprint density at radius 1 is 1.26 bits per heavy atom. The Kier molecular flexibility index (Phi) is 4.80. The zero-order valence-corrected chi connectivity index (χ0v) is 11.9. The monoisotopic (exact) mass is 268 g/mol. The fraction of sp³-hybridized carbons (Fsp3) is 0.857. The molecular weight excluding hydrogens is 244 g/mol. The first-order valence-corrected chi connectivity index (χ1v) is 7.25. The van der Waals surface area contributed by atoms with Gasteiger partial charge in [-0.3, -0.25) is 9.59 Å². The second-order valence-corrected chi connectivity index (χ2v) is 6.00. The van der Waals surface area contributed by atoms with E-state index in [2.05, 4.69) is 19.2 Å². The van der Waals surface area contributed by atoms with Crippen molar-refractivity contribution in [1.82, 2.24) is 10.2 Å². The van der Waals surface area contributed by atoms with Crippen LogP contribution >= 0.6 is 0 Å². The summed E-state index contributed by atoms with van der Waals surface area (Å²) in [5, 5.41) is 2.70. The molecule has 2 fully saturated rings. The molecule has 2 rings (SSSR count). The molecule has 0 saturated carbocycles. The van der Waals surface area contributed by atoms with Crippen molar-refractivity contribution < 1.29 is 14.3 Å². The van der Waals surface area contributed by atoms with Crippen molar-refractivity contribution in [3.63, 3.8) is 0 Å². The zero-order valence-electron chi connectivity index (χ0n) is 11.9. The van der Waals surface area contributed by atoms with E-state index in [4.69, 9.17) is 4.74 Å². The number of nitrogens with zero attached hydrogens (tertiary/aromatic N) is 1. The van der Waals surface area contributed by atoms with Crippen molar-refractivity contribution in [2.75, 3.05) is 26.2 Å². The summed E-state index contributed by atoms with van der Waals surface area (Å²) in [7, 11) is 0. The third-order valence-corrected chi connectivity index (χ3v) is 3.86. The summed E-state index contributed by atoms with van der Waals surface area (Å²) in [5.74, 6) is 0.0607. The number of carbonyl (C=O) groups excluding carboxylic acids is 2. The third kappa shape index (κ3) is 3.93. The van der Waals surface area contributed by atoms with E-state index in [1.165, 1.54) is 0 Å². The first-order valence-electron chi connectivity index (χ1n) is 7.25. The van der Waals surface area contributed by atoms with Gasteiger partial charge in [-0.25, -0.2) is 0 Å². The average Bonchev–Trinajstić information content (AvgIpc) is 2.87. The van der Waals surface area contributed by atoms with E-state index >= 15 is 0 Å². The van der Waals surface area contributed by atoms with Gasteiger partial charge in [-0.05, 0) is 31.1 Å². The predicted octanol–water partition coefficient (Wildman–Crippen LogP) is 0.786. The van der Waals surface area contributed by atoms with Crippen molar-refractivity contribution in [3.8, 4) is 0 Å². The molecule has 108 valence electrons. The number of piperidine rings is 1. The molecule has 0 aromatic carbocycles. The fourth-order valence-corrected chi connectivity index (χ4v) is 3.06. The highest BCUT2D eigenvalue weighted by molar-refractivity contribution is 6.35. The SMILES string of the molecule is CC1CC(C)CN(C(=O)C(=O)NCC2CCCO2)C1. The maximum absolute atomic E-state index is 12.1. The van der Waals surface area contributed by atoms with Crippen LogP contribution in [0.25, 0.3) is 0 Å². The van der Waals surface area contributed by atoms with Gasteiger partial charge in [0.1, 0.15) is 0 Å². The van der Waals surface area contributed by atoms with Crippen molar-refractivity contribution in [1.29, 1.82) is 0 Å². The summed E-state index contributed by atoms with van der Waals surface area (Å²) in [5.41, 5.74) is 0. The van der Waals surface area contributed by atoms with Crippen LogP contribution in [-0.4, -0.2) is 49.1 Å². The molecule has 2 aliphatic rings. The van der Waals surface area contributed by atoms with Gasteiger partial charge in [-0.2, -0.15) is 0 Å². The summed E-state index contributed by atoms with van der Waals surface area (Å²) in [6.07, 6.45) is 3.21. The number of ether oxygens (including phenoxy) is 1. The number of carbonyl (C=O) groups is 2. The Balaban J connectivity index is 1.79. The van der Waals surface area contributed by atoms with E-state index < -0.39 is 11.8 Å². The summed E-state index contributed by atoms with van der Waals surface area (Å²) < 4.78 is 5.42. The Bertz CT molecular complexity index is 330. The highest BCUT2D eigenvalue weighted by Gasteiger charge is 2.29. The first-order chi connectivity index (χ1) is 9.06. The van der Waals surface area contributed by atoms with Crippen LogP contribution in [0.2, 0.25) is 0 Å². The van der Waals surface area contributed by atoms with Gasteiger partial charge in [0.2, 0.25) is 0 Å². The van der Waals surface area contributed by atoms with E-state index in [0.29, 0.717) is 31.5 Å². The molecular formula is C14H24N2O3. The number of rotatable bonds is 2. The Morgan fingerprint density at radius 3 is 2.53 bits per heavy atom. The second-order valence-electron chi connectivity index (χ2n) is 6.00. The highest BCUT2D eigenvalue weighted by atomic mass is 16.5. The molecule has 2 saturated heterocycles. The lowest BCUT2D eigenvalue weighted by Crippen LogP contribution is -2.49. The van der Waals surface area contributed by atoms with Gasteiger partial charge in [0.15, 0.2) is 0 Å². The molecule has 0 bridgehead atoms. The number of likely N-dealkylation sites (tertiary alicyclic amines) is 1. The van der Waals surface area contributed by atoms with Gasteiger partial charge in [0, 0.05) is 26.2 Å². The first kappa shape index (κ1) is 14.3. The molecule has 5 heteroatoms. The average molecular weight is 268 g/mol. The van der Waals surface area contributed by atoms with Crippen molar-refractivity contribution in [2.45, 2.75) is 39.2 Å². The van der Waals surface area contributed by atoms with Crippen LogP contribution in [-0.2, 0) is 14.3 Å². The minimum Gasteiger partial charge on any atom is -0.376 e. The Morgan fingerprint density at radius 2 is 1.95 bits per heavy atom. The molecule has 2 aliphatic heterocycles. The molecule has 3 unspecified atom stereocenters. The van der Waals surface area contributed by atoms with E-state index in [1.54, 1.807) is 4.90 Å². The smallest absolute Gasteiger partial charge is 0.311 e. The molecule has 2 heterocycles. The topological polar surface area (TPSA) is 58.6 Å². The molecule has 5 nitrogen and oxygen atoms in total. The van der Waals surface area contributed by atoms with Crippen LogP contribution in [0.4, 0.5) is 0 Å². The van der Waals surface area contributed by atoms with Gasteiger partial charge in [0.05, 0.1) is 6.10 Å². The zero-order chi connectivity index (χ0) is 13.8. The molecule has 0 aromatic rings. The number of nitrogens with one attached hydrogen (secondary N) is 1. The van der Waals surface area contributed by atoms with Gasteiger partial charge in [-0.15, -0.1) is 0 Å². The summed E-state index contributed by atoms with van der Waals surface area (Å²) in [4.78, 5) is 25.6. The van der Waals surface area contributed by atoms with Gasteiger partial charge in [-0.1, -0.05) is 13.8 Å². The molecule has 0 aromatic heterocycles. The van der Waals surface area contributed by atoms with Gasteiger partial charge in [0.25, 0.3) is 0 Å². The fourth-order valence-electron chi connectivity index (χ4n) is 3.06. The normalized spacial score (nSPS) is 31.3. The quantitative estimate of drug-likeness (QED) is 0.753. The van der Waals surface area contributed by atoms with Gasteiger partial charge < -0.3 is 15.0 Å². The molecule has 0 radical (unpaired) electrons. The minimum absolute atomic E-state index is 0.0796. The molecule has 0 aliphatic carbocycles. The Labute approximate surface area is 114 Å². The lowest BCUT2D eigenvalue weighted by Gasteiger charge is -2.34. The van der Waals surface area contributed by atoms with Crippen molar-refractivity contribution >= 4 is 11.8 Å². The maximum Gasteiger partial charge on any atom is 0.311 e. The van der Waals surface area contributed by atoms with Crippen LogP contribution in [0.5, 0.6) is 0 Å². The summed E-state index contributed by atoms with van der Waals surface area (Å²) in [6, 6.07) is 0.